The summed E-state index contributed by atoms with van der Waals surface area (Å²) in [7, 11) is -2.90. The van der Waals surface area contributed by atoms with Crippen molar-refractivity contribution in [1.29, 1.82) is 0 Å². The summed E-state index contributed by atoms with van der Waals surface area (Å²) in [5.74, 6) is 0.452. The molecule has 1 aliphatic heterocycles. The molecular weight excluding hydrogens is 333 g/mol. The molecule has 0 radical (unpaired) electrons. The molecule has 1 fully saturated rings. The molecule has 1 aliphatic rings. The van der Waals surface area contributed by atoms with Crippen molar-refractivity contribution in [3.63, 3.8) is 0 Å². The molecule has 1 N–H and O–H groups in total. The van der Waals surface area contributed by atoms with E-state index in [4.69, 9.17) is 23.2 Å². The molecule has 1 aromatic carbocycles. The average Bonchev–Trinajstić information content (AvgIpc) is 2.60. The molecular formula is C14H19Cl2NO3S. The first-order valence-electron chi connectivity index (χ1n) is 6.94. The molecule has 21 heavy (non-hydrogen) atoms. The van der Waals surface area contributed by atoms with E-state index in [-0.39, 0.29) is 11.5 Å². The summed E-state index contributed by atoms with van der Waals surface area (Å²) < 4.78 is 23.1. The van der Waals surface area contributed by atoms with Gasteiger partial charge in [-0.3, -0.25) is 0 Å². The number of halogens is 2. The molecule has 0 aromatic heterocycles. The average molecular weight is 352 g/mol. The van der Waals surface area contributed by atoms with Crippen LogP contribution in [0, 0.1) is 0 Å². The molecule has 2 rings (SSSR count). The number of aliphatic hydroxyl groups is 1. The normalized spacial score (nSPS) is 20.9. The van der Waals surface area contributed by atoms with Gasteiger partial charge >= 0.3 is 0 Å². The molecule has 118 valence electrons. The van der Waals surface area contributed by atoms with E-state index in [1.54, 1.807) is 18.2 Å². The van der Waals surface area contributed by atoms with Crippen LogP contribution in [0.4, 0.5) is 0 Å². The molecule has 0 saturated carbocycles. The van der Waals surface area contributed by atoms with E-state index in [1.807, 2.05) is 0 Å². The van der Waals surface area contributed by atoms with Crippen molar-refractivity contribution in [2.24, 2.45) is 0 Å². The fourth-order valence-electron chi connectivity index (χ4n) is 2.45. The fourth-order valence-corrected chi connectivity index (χ4v) is 4.20. The minimum absolute atomic E-state index is 0.195. The van der Waals surface area contributed by atoms with Crippen LogP contribution < -0.4 is 0 Å². The number of sulfone groups is 1. The number of nitrogens with zero attached hydrogens (tertiary/aromatic N) is 1. The van der Waals surface area contributed by atoms with Gasteiger partial charge in [0, 0.05) is 18.7 Å². The second kappa shape index (κ2) is 7.29. The Bertz CT molecular complexity index is 592. The van der Waals surface area contributed by atoms with Gasteiger partial charge < -0.3 is 10.0 Å². The quantitative estimate of drug-likeness (QED) is 0.905. The molecule has 7 heteroatoms. The predicted molar refractivity (Wildman–Crippen MR) is 85.7 cm³/mol. The first-order valence-corrected chi connectivity index (χ1v) is 9.51. The Morgan fingerprint density at radius 1 is 1.24 bits per heavy atom. The Balaban J connectivity index is 1.92. The molecule has 1 atom stereocenters. The van der Waals surface area contributed by atoms with Gasteiger partial charge in [0.15, 0.2) is 9.84 Å². The maximum atomic E-state index is 11.5. The smallest absolute Gasteiger partial charge is 0.151 e. The van der Waals surface area contributed by atoms with Gasteiger partial charge in [-0.05, 0) is 25.5 Å². The highest BCUT2D eigenvalue weighted by molar-refractivity contribution is 7.91. The summed E-state index contributed by atoms with van der Waals surface area (Å²) >= 11 is 12.0. The highest BCUT2D eigenvalue weighted by Crippen LogP contribution is 2.31. The van der Waals surface area contributed by atoms with Crippen molar-refractivity contribution in [2.75, 3.05) is 31.1 Å². The van der Waals surface area contributed by atoms with Crippen molar-refractivity contribution in [3.05, 3.63) is 33.8 Å². The summed E-state index contributed by atoms with van der Waals surface area (Å²) in [6, 6.07) is 5.19. The van der Waals surface area contributed by atoms with Crippen LogP contribution in [-0.2, 0) is 9.84 Å². The molecule has 0 bridgehead atoms. The van der Waals surface area contributed by atoms with E-state index in [9.17, 15) is 13.5 Å². The van der Waals surface area contributed by atoms with E-state index in [1.165, 1.54) is 0 Å². The standard InChI is InChI=1S/C14H19Cl2NO3S/c15-12-4-1-3-11(14(12)16)13(18)5-7-17-6-2-9-21(19,20)10-8-17/h1,3-4,13,18H,2,5-10H2. The van der Waals surface area contributed by atoms with Gasteiger partial charge in [-0.1, -0.05) is 35.3 Å². The van der Waals surface area contributed by atoms with Crippen LogP contribution in [0.15, 0.2) is 18.2 Å². The first-order chi connectivity index (χ1) is 9.89. The zero-order valence-corrected chi connectivity index (χ0v) is 14.0. The highest BCUT2D eigenvalue weighted by Gasteiger charge is 2.20. The molecule has 0 aliphatic carbocycles. The third kappa shape index (κ3) is 4.83. The van der Waals surface area contributed by atoms with Gasteiger partial charge in [0.2, 0.25) is 0 Å². The van der Waals surface area contributed by atoms with E-state index < -0.39 is 15.9 Å². The highest BCUT2D eigenvalue weighted by atomic mass is 35.5. The maximum Gasteiger partial charge on any atom is 0.151 e. The Kier molecular flexibility index (Phi) is 5.91. The zero-order chi connectivity index (χ0) is 15.5. The SMILES string of the molecule is O=S1(=O)CCCN(CCC(O)c2cccc(Cl)c2Cl)CC1. The minimum atomic E-state index is -2.90. The third-order valence-electron chi connectivity index (χ3n) is 3.71. The molecule has 0 spiro atoms. The Hall–Kier alpha value is -0.330. The molecule has 4 nitrogen and oxygen atoms in total. The van der Waals surface area contributed by atoms with Crippen molar-refractivity contribution in [3.8, 4) is 0 Å². The molecule has 1 aromatic rings. The lowest BCUT2D eigenvalue weighted by atomic mass is 10.1. The second-order valence-electron chi connectivity index (χ2n) is 5.29. The van der Waals surface area contributed by atoms with Gasteiger partial charge in [0.1, 0.15) is 0 Å². The summed E-state index contributed by atoms with van der Waals surface area (Å²) in [4.78, 5) is 2.08. The van der Waals surface area contributed by atoms with Crippen LogP contribution in [0.5, 0.6) is 0 Å². The molecule has 1 saturated heterocycles. The monoisotopic (exact) mass is 351 g/mol. The van der Waals surface area contributed by atoms with Gasteiger partial charge in [0.25, 0.3) is 0 Å². The molecule has 1 unspecified atom stereocenters. The minimum Gasteiger partial charge on any atom is -0.388 e. The van der Waals surface area contributed by atoms with Crippen LogP contribution in [0.1, 0.15) is 24.5 Å². The molecule has 0 amide bonds. The topological polar surface area (TPSA) is 57.6 Å². The fraction of sp³-hybridized carbons (Fsp3) is 0.571. The largest absolute Gasteiger partial charge is 0.388 e. The van der Waals surface area contributed by atoms with Crippen LogP contribution >= 0.6 is 23.2 Å². The van der Waals surface area contributed by atoms with Gasteiger partial charge in [-0.15, -0.1) is 0 Å². The van der Waals surface area contributed by atoms with Gasteiger partial charge in [0.05, 0.1) is 27.7 Å². The number of hydrogen-bond acceptors (Lipinski definition) is 4. The van der Waals surface area contributed by atoms with Gasteiger partial charge in [-0.25, -0.2) is 8.42 Å². The zero-order valence-electron chi connectivity index (χ0n) is 11.6. The predicted octanol–water partition coefficient (Wildman–Crippen LogP) is 2.54. The Morgan fingerprint density at radius 2 is 2.00 bits per heavy atom. The summed E-state index contributed by atoms with van der Waals surface area (Å²) in [6.07, 6.45) is 0.451. The first kappa shape index (κ1) is 17.0. The number of rotatable bonds is 4. The van der Waals surface area contributed by atoms with Gasteiger partial charge in [-0.2, -0.15) is 0 Å². The summed E-state index contributed by atoms with van der Waals surface area (Å²) in [6.45, 7) is 1.91. The van der Waals surface area contributed by atoms with E-state index in [0.29, 0.717) is 41.5 Å². The Labute approximate surface area is 135 Å². The van der Waals surface area contributed by atoms with Crippen LogP contribution in [-0.4, -0.2) is 49.6 Å². The second-order valence-corrected chi connectivity index (χ2v) is 8.38. The lowest BCUT2D eigenvalue weighted by Crippen LogP contribution is -2.29. The van der Waals surface area contributed by atoms with Crippen LogP contribution in [0.25, 0.3) is 0 Å². The third-order valence-corrected chi connectivity index (χ3v) is 6.26. The van der Waals surface area contributed by atoms with Crippen molar-refractivity contribution >= 4 is 33.0 Å². The van der Waals surface area contributed by atoms with E-state index in [0.717, 1.165) is 6.54 Å². The van der Waals surface area contributed by atoms with Crippen LogP contribution in [0.3, 0.4) is 0 Å². The van der Waals surface area contributed by atoms with Crippen LogP contribution in [0.2, 0.25) is 10.0 Å². The number of hydrogen-bond donors (Lipinski definition) is 1. The number of aliphatic hydroxyl groups excluding tert-OH is 1. The van der Waals surface area contributed by atoms with Crippen molar-refractivity contribution in [2.45, 2.75) is 18.9 Å². The van der Waals surface area contributed by atoms with Crippen molar-refractivity contribution in [1.82, 2.24) is 4.90 Å². The number of benzene rings is 1. The Morgan fingerprint density at radius 3 is 2.76 bits per heavy atom. The van der Waals surface area contributed by atoms with E-state index >= 15 is 0 Å². The molecule has 1 heterocycles. The lowest BCUT2D eigenvalue weighted by molar-refractivity contribution is 0.144. The van der Waals surface area contributed by atoms with E-state index in [2.05, 4.69) is 4.90 Å². The maximum absolute atomic E-state index is 11.5. The summed E-state index contributed by atoms with van der Waals surface area (Å²) in [5.41, 5.74) is 0.617. The lowest BCUT2D eigenvalue weighted by Gasteiger charge is -2.21. The summed E-state index contributed by atoms with van der Waals surface area (Å²) in [5, 5.41) is 11.0. The van der Waals surface area contributed by atoms with Crippen molar-refractivity contribution < 1.29 is 13.5 Å².